The fraction of sp³-hybridized carbons (Fsp3) is 0.526. The summed E-state index contributed by atoms with van der Waals surface area (Å²) in [5, 5.41) is 3.93. The van der Waals surface area contributed by atoms with E-state index >= 15 is 0 Å². The van der Waals surface area contributed by atoms with Crippen molar-refractivity contribution >= 4 is 21.8 Å². The van der Waals surface area contributed by atoms with Gasteiger partial charge in [-0.2, -0.15) is 0 Å². The van der Waals surface area contributed by atoms with Crippen LogP contribution in [0.15, 0.2) is 34.7 Å². The molecular weight excluding hydrogens is 350 g/mol. The molecule has 2 unspecified atom stereocenters. The summed E-state index contributed by atoms with van der Waals surface area (Å²) in [4.78, 5) is 7.63. The number of hydrogen-bond donors (Lipinski definition) is 2. The van der Waals surface area contributed by atoms with E-state index in [0.29, 0.717) is 10.9 Å². The van der Waals surface area contributed by atoms with Crippen LogP contribution in [0.4, 0.5) is 0 Å². The summed E-state index contributed by atoms with van der Waals surface area (Å²) in [6.45, 7) is 7.02. The Morgan fingerprint density at radius 2 is 2.12 bits per heavy atom. The minimum atomic E-state index is -1.22. The summed E-state index contributed by atoms with van der Waals surface area (Å²) in [7, 11) is 2.10. The molecule has 0 saturated heterocycles. The summed E-state index contributed by atoms with van der Waals surface area (Å²) in [6.07, 6.45) is 1.65. The lowest BCUT2D eigenvalue weighted by molar-refractivity contribution is 0.273. The predicted molar refractivity (Wildman–Crippen MR) is 106 cm³/mol. The molecule has 0 radical (unpaired) electrons. The zero-order valence-electron chi connectivity index (χ0n) is 16.2. The highest BCUT2D eigenvalue weighted by Crippen LogP contribution is 2.21. The van der Waals surface area contributed by atoms with E-state index in [4.69, 9.17) is 9.47 Å². The molecule has 2 rings (SSSR count). The second-order valence-corrected chi connectivity index (χ2v) is 7.57. The quantitative estimate of drug-likeness (QED) is 0.619. The van der Waals surface area contributed by atoms with E-state index in [1.165, 1.54) is 5.57 Å². The number of nitrogens with zero attached hydrogens (tertiary/aromatic N) is 1. The van der Waals surface area contributed by atoms with Crippen LogP contribution in [-0.2, 0) is 15.5 Å². The molecule has 0 amide bonds. The average molecular weight is 380 g/mol. The lowest BCUT2D eigenvalue weighted by Gasteiger charge is -2.19. The van der Waals surface area contributed by atoms with Gasteiger partial charge in [0.25, 0.3) is 0 Å². The Morgan fingerprint density at radius 3 is 2.73 bits per heavy atom. The van der Waals surface area contributed by atoms with Gasteiger partial charge in [-0.1, -0.05) is 13.8 Å². The van der Waals surface area contributed by atoms with Crippen LogP contribution in [0.2, 0.25) is 0 Å². The van der Waals surface area contributed by atoms with Crippen LogP contribution in [0, 0.1) is 0 Å². The van der Waals surface area contributed by atoms with Gasteiger partial charge in [0.1, 0.15) is 5.75 Å². The van der Waals surface area contributed by atoms with Crippen LogP contribution in [0.3, 0.4) is 0 Å². The van der Waals surface area contributed by atoms with E-state index in [1.54, 1.807) is 14.2 Å². The van der Waals surface area contributed by atoms with E-state index in [1.807, 2.05) is 18.2 Å². The number of aromatic nitrogens is 2. The molecule has 2 atom stereocenters. The first-order valence-electron chi connectivity index (χ1n) is 8.90. The van der Waals surface area contributed by atoms with Gasteiger partial charge in [-0.15, -0.1) is 0 Å². The topological polar surface area (TPSA) is 76.2 Å². The number of fused-ring (bicyclic) bond motifs is 1. The highest BCUT2D eigenvalue weighted by atomic mass is 32.2. The lowest BCUT2D eigenvalue weighted by atomic mass is 10.1. The first-order chi connectivity index (χ1) is 12.5. The van der Waals surface area contributed by atoms with Crippen molar-refractivity contribution in [2.24, 2.45) is 0 Å². The molecule has 2 aromatic rings. The Bertz CT molecular complexity index is 779. The molecule has 2 N–H and O–H groups in total. The second kappa shape index (κ2) is 9.73. The van der Waals surface area contributed by atoms with Crippen molar-refractivity contribution in [2.45, 2.75) is 44.8 Å². The van der Waals surface area contributed by atoms with Crippen molar-refractivity contribution in [3.8, 4) is 5.75 Å². The van der Waals surface area contributed by atoms with Gasteiger partial charge in [0.2, 0.25) is 0 Å². The Labute approximate surface area is 157 Å². The number of methoxy groups -OCH3 is 2. The molecule has 1 heterocycles. The summed E-state index contributed by atoms with van der Waals surface area (Å²) >= 11 is 0. The van der Waals surface area contributed by atoms with E-state index in [2.05, 4.69) is 36.1 Å². The molecule has 0 aliphatic rings. The summed E-state index contributed by atoms with van der Waals surface area (Å²) in [6, 6.07) is 5.68. The van der Waals surface area contributed by atoms with E-state index in [9.17, 15) is 4.21 Å². The monoisotopic (exact) mass is 379 g/mol. The fourth-order valence-electron chi connectivity index (χ4n) is 3.04. The number of rotatable bonds is 10. The lowest BCUT2D eigenvalue weighted by Crippen LogP contribution is -2.34. The fourth-order valence-corrected chi connectivity index (χ4v) is 4.23. The van der Waals surface area contributed by atoms with Crippen molar-refractivity contribution in [2.75, 3.05) is 26.5 Å². The second-order valence-electron chi connectivity index (χ2n) is 6.16. The Morgan fingerprint density at radius 1 is 1.35 bits per heavy atom. The molecular formula is C19H29N3O3S. The van der Waals surface area contributed by atoms with Crippen LogP contribution in [0.1, 0.15) is 33.6 Å². The van der Waals surface area contributed by atoms with Gasteiger partial charge in [0.15, 0.2) is 5.16 Å². The number of imidazole rings is 1. The zero-order chi connectivity index (χ0) is 19.1. The maximum absolute atomic E-state index is 12.8. The summed E-state index contributed by atoms with van der Waals surface area (Å²) in [5.41, 5.74) is 2.81. The molecule has 0 aliphatic carbocycles. The van der Waals surface area contributed by atoms with E-state index in [0.717, 1.165) is 41.9 Å². The zero-order valence-corrected chi connectivity index (χ0v) is 17.0. The SMILES string of the molecule is CCNC(C/C(C)=C(\CC)OC)CS(=O)c1nc2ccc(OC)cc2[nH]1. The van der Waals surface area contributed by atoms with Crippen molar-refractivity contribution in [1.29, 1.82) is 0 Å². The van der Waals surface area contributed by atoms with E-state index in [-0.39, 0.29) is 6.04 Å². The molecule has 1 aromatic heterocycles. The molecule has 0 fully saturated rings. The molecule has 7 heteroatoms. The first-order valence-corrected chi connectivity index (χ1v) is 10.2. The van der Waals surface area contributed by atoms with E-state index < -0.39 is 10.8 Å². The Balaban J connectivity index is 2.15. The minimum Gasteiger partial charge on any atom is -0.501 e. The van der Waals surface area contributed by atoms with Gasteiger partial charge in [0.05, 0.1) is 41.8 Å². The Kier molecular flexibility index (Phi) is 7.66. The van der Waals surface area contributed by atoms with Gasteiger partial charge >= 0.3 is 0 Å². The molecule has 6 nitrogen and oxygen atoms in total. The van der Waals surface area contributed by atoms with Gasteiger partial charge in [-0.05, 0) is 37.6 Å². The van der Waals surface area contributed by atoms with Gasteiger partial charge < -0.3 is 19.8 Å². The minimum absolute atomic E-state index is 0.0975. The Hall–Kier alpha value is -1.86. The standard InChI is InChI=1S/C19H29N3O3S/c1-6-18(25-5)13(3)10-14(20-7-2)12-26(23)19-21-16-9-8-15(24-4)11-17(16)22-19/h8-9,11,14,20H,6-7,10,12H2,1-5H3,(H,21,22)/b18-13+. The summed E-state index contributed by atoms with van der Waals surface area (Å²) in [5.74, 6) is 2.23. The first kappa shape index (κ1) is 20.5. The normalized spacial score (nSPS) is 14.8. The molecule has 144 valence electrons. The van der Waals surface area contributed by atoms with Gasteiger partial charge in [0, 0.05) is 24.3 Å². The van der Waals surface area contributed by atoms with Gasteiger partial charge in [-0.25, -0.2) is 4.98 Å². The van der Waals surface area contributed by atoms with Gasteiger partial charge in [-0.3, -0.25) is 4.21 Å². The number of hydrogen-bond acceptors (Lipinski definition) is 5. The van der Waals surface area contributed by atoms with Crippen molar-refractivity contribution in [1.82, 2.24) is 15.3 Å². The molecule has 0 saturated carbocycles. The van der Waals surface area contributed by atoms with Crippen LogP contribution in [-0.4, -0.2) is 46.7 Å². The molecule has 1 aromatic carbocycles. The molecule has 0 bridgehead atoms. The maximum Gasteiger partial charge on any atom is 0.197 e. The third kappa shape index (κ3) is 5.08. The van der Waals surface area contributed by atoms with Crippen LogP contribution in [0.25, 0.3) is 11.0 Å². The number of H-pyrrole nitrogens is 1. The largest absolute Gasteiger partial charge is 0.501 e. The molecule has 0 spiro atoms. The average Bonchev–Trinajstić information content (AvgIpc) is 3.06. The third-order valence-electron chi connectivity index (χ3n) is 4.32. The number of nitrogens with one attached hydrogen (secondary N) is 2. The highest BCUT2D eigenvalue weighted by molar-refractivity contribution is 7.84. The number of benzene rings is 1. The van der Waals surface area contributed by atoms with Crippen LogP contribution in [0.5, 0.6) is 5.75 Å². The van der Waals surface area contributed by atoms with Crippen LogP contribution >= 0.6 is 0 Å². The number of ether oxygens (including phenoxy) is 2. The van der Waals surface area contributed by atoms with Crippen molar-refractivity contribution < 1.29 is 13.7 Å². The third-order valence-corrected chi connectivity index (χ3v) is 5.65. The van der Waals surface area contributed by atoms with Crippen molar-refractivity contribution in [3.63, 3.8) is 0 Å². The number of aromatic amines is 1. The smallest absolute Gasteiger partial charge is 0.197 e. The number of allylic oxidation sites excluding steroid dienone is 1. The van der Waals surface area contributed by atoms with Crippen LogP contribution < -0.4 is 10.1 Å². The predicted octanol–water partition coefficient (Wildman–Crippen LogP) is 3.38. The molecule has 0 aliphatic heterocycles. The summed E-state index contributed by atoms with van der Waals surface area (Å²) < 4.78 is 23.5. The van der Waals surface area contributed by atoms with Crippen molar-refractivity contribution in [3.05, 3.63) is 29.5 Å². The maximum atomic E-state index is 12.8. The molecule has 26 heavy (non-hydrogen) atoms. The highest BCUT2D eigenvalue weighted by Gasteiger charge is 2.18.